The van der Waals surface area contributed by atoms with Crippen LogP contribution in [0.5, 0.6) is 0 Å². The summed E-state index contributed by atoms with van der Waals surface area (Å²) in [7, 11) is 0. The van der Waals surface area contributed by atoms with E-state index in [1.54, 1.807) is 6.08 Å². The summed E-state index contributed by atoms with van der Waals surface area (Å²) in [6.07, 6.45) is 5.40. The third-order valence-corrected chi connectivity index (χ3v) is 1.98. The maximum Gasteiger partial charge on any atom is 0.332 e. The van der Waals surface area contributed by atoms with E-state index in [9.17, 15) is 4.79 Å². The molecule has 1 unspecified atom stereocenters. The van der Waals surface area contributed by atoms with Gasteiger partial charge in [0, 0.05) is 6.61 Å². The summed E-state index contributed by atoms with van der Waals surface area (Å²) in [5, 5.41) is 8.80. The smallest absolute Gasteiger partial charge is 0.332 e. The lowest BCUT2D eigenvalue weighted by Crippen LogP contribution is -2.24. The molecule has 0 saturated heterocycles. The Bertz CT molecular complexity index is 166. The number of carboxylic acid groups (broad SMARTS) is 1. The molecule has 0 aliphatic carbocycles. The predicted molar refractivity (Wildman–Crippen MR) is 56.3 cm³/mol. The Morgan fingerprint density at radius 3 is 2.79 bits per heavy atom. The largest absolute Gasteiger partial charge is 0.479 e. The molecule has 3 heteroatoms. The lowest BCUT2D eigenvalue weighted by molar-refractivity contribution is -0.150. The van der Waals surface area contributed by atoms with Gasteiger partial charge in [0.2, 0.25) is 0 Å². The minimum Gasteiger partial charge on any atom is -0.479 e. The number of hydrogen-bond acceptors (Lipinski definition) is 2. The van der Waals surface area contributed by atoms with Crippen molar-refractivity contribution < 1.29 is 14.6 Å². The molecule has 1 atom stereocenters. The van der Waals surface area contributed by atoms with Gasteiger partial charge in [-0.2, -0.15) is 0 Å². The summed E-state index contributed by atoms with van der Waals surface area (Å²) < 4.78 is 5.26. The Labute approximate surface area is 85.8 Å². The molecule has 14 heavy (non-hydrogen) atoms. The highest BCUT2D eigenvalue weighted by molar-refractivity contribution is 5.72. The second-order valence-corrected chi connectivity index (χ2v) is 3.27. The third-order valence-electron chi connectivity index (χ3n) is 1.98. The third kappa shape index (κ3) is 6.66. The van der Waals surface area contributed by atoms with E-state index in [1.807, 2.05) is 0 Å². The van der Waals surface area contributed by atoms with Crippen LogP contribution in [0.4, 0.5) is 0 Å². The highest BCUT2D eigenvalue weighted by Gasteiger charge is 2.16. The maximum atomic E-state index is 10.7. The molecule has 0 rings (SSSR count). The van der Waals surface area contributed by atoms with Gasteiger partial charge in [-0.15, -0.1) is 6.58 Å². The first-order valence-corrected chi connectivity index (χ1v) is 5.17. The van der Waals surface area contributed by atoms with E-state index in [1.165, 1.54) is 0 Å². The van der Waals surface area contributed by atoms with Crippen LogP contribution in [-0.4, -0.2) is 23.8 Å². The van der Waals surface area contributed by atoms with Crippen molar-refractivity contribution in [3.8, 4) is 0 Å². The van der Waals surface area contributed by atoms with Gasteiger partial charge in [0.25, 0.3) is 0 Å². The Morgan fingerprint density at radius 2 is 2.29 bits per heavy atom. The number of aliphatic carboxylic acids is 1. The molecule has 0 amide bonds. The molecule has 0 aromatic carbocycles. The zero-order valence-corrected chi connectivity index (χ0v) is 8.87. The van der Waals surface area contributed by atoms with Gasteiger partial charge < -0.3 is 9.84 Å². The normalized spacial score (nSPS) is 12.4. The molecular weight excluding hydrogens is 180 g/mol. The standard InChI is InChI=1S/C11H20O3/c1-3-5-7-9-14-10(11(12)13)8-6-4-2/h4,10H,2-3,5-9H2,1H3,(H,12,13). The molecule has 0 fully saturated rings. The first kappa shape index (κ1) is 13.2. The molecule has 3 nitrogen and oxygen atoms in total. The van der Waals surface area contributed by atoms with Crippen LogP contribution in [0.25, 0.3) is 0 Å². The summed E-state index contributed by atoms with van der Waals surface area (Å²) >= 11 is 0. The second kappa shape index (κ2) is 8.75. The van der Waals surface area contributed by atoms with Crippen LogP contribution in [0.15, 0.2) is 12.7 Å². The second-order valence-electron chi connectivity index (χ2n) is 3.27. The van der Waals surface area contributed by atoms with Crippen LogP contribution in [0.1, 0.15) is 39.0 Å². The van der Waals surface area contributed by atoms with Crippen molar-refractivity contribution in [1.82, 2.24) is 0 Å². The van der Waals surface area contributed by atoms with Gasteiger partial charge in [-0.1, -0.05) is 25.8 Å². The number of carbonyl (C=O) groups is 1. The van der Waals surface area contributed by atoms with Gasteiger partial charge in [0.1, 0.15) is 0 Å². The van der Waals surface area contributed by atoms with Crippen LogP contribution in [0.2, 0.25) is 0 Å². The van der Waals surface area contributed by atoms with Crippen molar-refractivity contribution >= 4 is 5.97 Å². The van der Waals surface area contributed by atoms with Gasteiger partial charge in [0.15, 0.2) is 6.10 Å². The molecule has 0 saturated carbocycles. The Balaban J connectivity index is 3.62. The number of unbranched alkanes of at least 4 members (excludes halogenated alkanes) is 2. The average Bonchev–Trinajstić information content (AvgIpc) is 2.16. The molecule has 0 aromatic rings. The quantitative estimate of drug-likeness (QED) is 0.459. The summed E-state index contributed by atoms with van der Waals surface area (Å²) in [5.41, 5.74) is 0. The summed E-state index contributed by atoms with van der Waals surface area (Å²) in [6.45, 7) is 6.20. The summed E-state index contributed by atoms with van der Waals surface area (Å²) in [4.78, 5) is 10.7. The first-order chi connectivity index (χ1) is 6.72. The van der Waals surface area contributed by atoms with Gasteiger partial charge >= 0.3 is 5.97 Å². The number of carboxylic acids is 1. The van der Waals surface area contributed by atoms with Crippen LogP contribution < -0.4 is 0 Å². The van der Waals surface area contributed by atoms with Gasteiger partial charge in [-0.05, 0) is 19.3 Å². The molecule has 0 radical (unpaired) electrons. The number of allylic oxidation sites excluding steroid dienone is 1. The van der Waals surface area contributed by atoms with Crippen molar-refractivity contribution in [2.75, 3.05) is 6.61 Å². The van der Waals surface area contributed by atoms with E-state index in [0.717, 1.165) is 19.3 Å². The fourth-order valence-corrected chi connectivity index (χ4v) is 1.12. The Hall–Kier alpha value is -0.830. The lowest BCUT2D eigenvalue weighted by atomic mass is 10.2. The monoisotopic (exact) mass is 200 g/mol. The van der Waals surface area contributed by atoms with E-state index in [2.05, 4.69) is 13.5 Å². The minimum atomic E-state index is -0.872. The summed E-state index contributed by atoms with van der Waals surface area (Å²) in [6, 6.07) is 0. The van der Waals surface area contributed by atoms with Crippen molar-refractivity contribution in [3.63, 3.8) is 0 Å². The van der Waals surface area contributed by atoms with Crippen LogP contribution in [0.3, 0.4) is 0 Å². The van der Waals surface area contributed by atoms with Crippen LogP contribution >= 0.6 is 0 Å². The molecule has 82 valence electrons. The highest BCUT2D eigenvalue weighted by Crippen LogP contribution is 2.05. The molecule has 0 heterocycles. The molecule has 0 bridgehead atoms. The van der Waals surface area contributed by atoms with E-state index in [0.29, 0.717) is 19.4 Å². The van der Waals surface area contributed by atoms with Crippen molar-refractivity contribution in [3.05, 3.63) is 12.7 Å². The van der Waals surface area contributed by atoms with E-state index < -0.39 is 12.1 Å². The van der Waals surface area contributed by atoms with Crippen molar-refractivity contribution in [2.45, 2.75) is 45.1 Å². The zero-order chi connectivity index (χ0) is 10.8. The molecule has 0 aliphatic rings. The number of ether oxygens (including phenoxy) is 1. The fourth-order valence-electron chi connectivity index (χ4n) is 1.12. The highest BCUT2D eigenvalue weighted by atomic mass is 16.5. The van der Waals surface area contributed by atoms with E-state index >= 15 is 0 Å². The SMILES string of the molecule is C=CCCC(OCCCCC)C(=O)O. The molecular formula is C11H20O3. The molecule has 0 aliphatic heterocycles. The van der Waals surface area contributed by atoms with Gasteiger partial charge in [-0.3, -0.25) is 0 Å². The number of hydrogen-bond donors (Lipinski definition) is 1. The summed E-state index contributed by atoms with van der Waals surface area (Å²) in [5.74, 6) is -0.872. The van der Waals surface area contributed by atoms with Gasteiger partial charge in [0.05, 0.1) is 0 Å². The van der Waals surface area contributed by atoms with E-state index in [-0.39, 0.29) is 0 Å². The van der Waals surface area contributed by atoms with Crippen LogP contribution in [-0.2, 0) is 9.53 Å². The van der Waals surface area contributed by atoms with Crippen LogP contribution in [0, 0.1) is 0 Å². The Morgan fingerprint density at radius 1 is 1.57 bits per heavy atom. The topological polar surface area (TPSA) is 46.5 Å². The lowest BCUT2D eigenvalue weighted by Gasteiger charge is -2.12. The minimum absolute atomic E-state index is 0.519. The molecule has 1 N–H and O–H groups in total. The average molecular weight is 200 g/mol. The maximum absolute atomic E-state index is 10.7. The Kier molecular flexibility index (Phi) is 8.24. The molecule has 0 aromatic heterocycles. The van der Waals surface area contributed by atoms with E-state index in [4.69, 9.17) is 9.84 Å². The predicted octanol–water partition coefficient (Wildman–Crippen LogP) is 2.61. The van der Waals surface area contributed by atoms with Crippen molar-refractivity contribution in [1.29, 1.82) is 0 Å². The van der Waals surface area contributed by atoms with Crippen molar-refractivity contribution in [2.24, 2.45) is 0 Å². The fraction of sp³-hybridized carbons (Fsp3) is 0.727. The molecule has 0 spiro atoms. The van der Waals surface area contributed by atoms with Gasteiger partial charge in [-0.25, -0.2) is 4.79 Å². The number of rotatable bonds is 9. The first-order valence-electron chi connectivity index (χ1n) is 5.17. The zero-order valence-electron chi connectivity index (χ0n) is 8.87.